The van der Waals surface area contributed by atoms with Crippen molar-refractivity contribution in [2.45, 2.75) is 13.5 Å². The zero-order valence-electron chi connectivity index (χ0n) is 13.7. The van der Waals surface area contributed by atoms with Crippen LogP contribution in [0.4, 0.5) is 0 Å². The molecule has 0 saturated carbocycles. The molecule has 0 aliphatic heterocycles. The Balaban J connectivity index is 1.77. The smallest absolute Gasteiger partial charge is 0.333 e. The van der Waals surface area contributed by atoms with Crippen molar-refractivity contribution in [2.75, 3.05) is 13.2 Å². The highest BCUT2D eigenvalue weighted by atomic mass is 16.6. The topological polar surface area (TPSA) is 35.5 Å². The highest BCUT2D eigenvalue weighted by molar-refractivity contribution is 6.02. The molecule has 0 heterocycles. The molecule has 3 rings (SSSR count). The molecule has 3 aromatic carbocycles. The van der Waals surface area contributed by atoms with Gasteiger partial charge >= 0.3 is 5.97 Å². The van der Waals surface area contributed by atoms with Crippen molar-refractivity contribution >= 4 is 27.5 Å². The van der Waals surface area contributed by atoms with Crippen molar-refractivity contribution in [3.05, 3.63) is 72.3 Å². The van der Waals surface area contributed by atoms with Crippen LogP contribution >= 0.6 is 0 Å². The van der Waals surface area contributed by atoms with Crippen LogP contribution in [0.3, 0.4) is 0 Å². The quantitative estimate of drug-likeness (QED) is 0.287. The lowest BCUT2D eigenvalue weighted by atomic mass is 9.97. The molecule has 0 saturated heterocycles. The van der Waals surface area contributed by atoms with Gasteiger partial charge in [-0.2, -0.15) is 0 Å². The van der Waals surface area contributed by atoms with Gasteiger partial charge in [-0.05, 0) is 40.1 Å². The van der Waals surface area contributed by atoms with Crippen molar-refractivity contribution in [1.29, 1.82) is 0 Å². The summed E-state index contributed by atoms with van der Waals surface area (Å²) in [6.07, 6.45) is 0. The van der Waals surface area contributed by atoms with Crippen LogP contribution in [0.5, 0.6) is 0 Å². The average molecular weight is 320 g/mol. The van der Waals surface area contributed by atoms with Gasteiger partial charge in [0.25, 0.3) is 0 Å². The van der Waals surface area contributed by atoms with Gasteiger partial charge in [0.15, 0.2) is 0 Å². The molecule has 0 unspecified atom stereocenters. The van der Waals surface area contributed by atoms with Crippen LogP contribution < -0.4 is 0 Å². The molecule has 0 fully saturated rings. The predicted molar refractivity (Wildman–Crippen MR) is 96.9 cm³/mol. The van der Waals surface area contributed by atoms with Crippen LogP contribution in [-0.4, -0.2) is 19.2 Å². The summed E-state index contributed by atoms with van der Waals surface area (Å²) in [5.74, 6) is -0.380. The maximum absolute atomic E-state index is 11.3. The second-order valence-electron chi connectivity index (χ2n) is 5.77. The lowest BCUT2D eigenvalue weighted by molar-refractivity contribution is -0.140. The van der Waals surface area contributed by atoms with Gasteiger partial charge in [0.2, 0.25) is 0 Å². The van der Waals surface area contributed by atoms with Gasteiger partial charge in [0.1, 0.15) is 6.61 Å². The number of ether oxygens (including phenoxy) is 2. The molecule has 0 aliphatic carbocycles. The van der Waals surface area contributed by atoms with Crippen molar-refractivity contribution in [3.63, 3.8) is 0 Å². The maximum Gasteiger partial charge on any atom is 0.333 e. The summed E-state index contributed by atoms with van der Waals surface area (Å²) >= 11 is 0. The third-order valence-electron chi connectivity index (χ3n) is 3.94. The number of benzene rings is 3. The van der Waals surface area contributed by atoms with E-state index in [1.54, 1.807) is 6.92 Å². The molecule has 0 N–H and O–H groups in total. The van der Waals surface area contributed by atoms with Crippen molar-refractivity contribution in [2.24, 2.45) is 0 Å². The van der Waals surface area contributed by atoms with Crippen molar-refractivity contribution < 1.29 is 14.3 Å². The fraction of sp³-hybridized carbons (Fsp3) is 0.190. The molecule has 3 nitrogen and oxygen atoms in total. The standard InChI is InChI=1S/C21H20O3/c1-15(2)21(22)24-12-11-23-14-20-18-9-5-3-7-16(18)13-17-8-4-6-10-19(17)20/h3-10,13H,1,11-12,14H2,2H3. The zero-order valence-corrected chi connectivity index (χ0v) is 13.7. The molecule has 0 aromatic heterocycles. The van der Waals surface area contributed by atoms with Crippen molar-refractivity contribution in [1.82, 2.24) is 0 Å². The molecule has 24 heavy (non-hydrogen) atoms. The summed E-state index contributed by atoms with van der Waals surface area (Å²) in [5.41, 5.74) is 1.56. The van der Waals surface area contributed by atoms with Gasteiger partial charge in [-0.3, -0.25) is 0 Å². The molecule has 122 valence electrons. The third-order valence-corrected chi connectivity index (χ3v) is 3.94. The minimum Gasteiger partial charge on any atom is -0.460 e. The zero-order chi connectivity index (χ0) is 16.9. The van der Waals surface area contributed by atoms with Gasteiger partial charge in [0, 0.05) is 5.57 Å². The number of esters is 1. The number of rotatable bonds is 6. The maximum atomic E-state index is 11.3. The van der Waals surface area contributed by atoms with Gasteiger partial charge in [-0.1, -0.05) is 55.1 Å². The fourth-order valence-corrected chi connectivity index (χ4v) is 2.75. The lowest BCUT2D eigenvalue weighted by Gasteiger charge is -2.12. The highest BCUT2D eigenvalue weighted by Gasteiger charge is 2.08. The molecule has 0 amide bonds. The molecule has 3 heteroatoms. The largest absolute Gasteiger partial charge is 0.460 e. The van der Waals surface area contributed by atoms with Gasteiger partial charge in [-0.25, -0.2) is 4.79 Å². The van der Waals surface area contributed by atoms with Crippen LogP contribution in [0, 0.1) is 0 Å². The second-order valence-corrected chi connectivity index (χ2v) is 5.77. The Hall–Kier alpha value is -2.65. The van der Waals surface area contributed by atoms with E-state index >= 15 is 0 Å². The van der Waals surface area contributed by atoms with E-state index in [2.05, 4.69) is 36.9 Å². The van der Waals surface area contributed by atoms with E-state index in [-0.39, 0.29) is 12.6 Å². The Morgan fingerprint density at radius 2 is 1.54 bits per heavy atom. The first-order valence-corrected chi connectivity index (χ1v) is 7.96. The number of carbonyl (C=O) groups excluding carboxylic acids is 1. The Kier molecular flexibility index (Phi) is 4.92. The molecule has 0 aliphatic rings. The number of hydrogen-bond donors (Lipinski definition) is 0. The van der Waals surface area contributed by atoms with E-state index in [9.17, 15) is 4.79 Å². The van der Waals surface area contributed by atoms with E-state index in [0.29, 0.717) is 18.8 Å². The number of carbonyl (C=O) groups is 1. The van der Waals surface area contributed by atoms with Crippen LogP contribution in [0.15, 0.2) is 66.7 Å². The Morgan fingerprint density at radius 1 is 0.958 bits per heavy atom. The van der Waals surface area contributed by atoms with E-state index in [4.69, 9.17) is 9.47 Å². The molecule has 0 bridgehead atoms. The lowest BCUT2D eigenvalue weighted by Crippen LogP contribution is -2.11. The van der Waals surface area contributed by atoms with Crippen molar-refractivity contribution in [3.8, 4) is 0 Å². The van der Waals surface area contributed by atoms with Gasteiger partial charge < -0.3 is 9.47 Å². The second kappa shape index (κ2) is 7.28. The number of fused-ring (bicyclic) bond motifs is 2. The Bertz CT molecular complexity index is 842. The SMILES string of the molecule is C=C(C)C(=O)OCCOCc1c2ccccc2cc2ccccc12. The Morgan fingerprint density at radius 3 is 2.12 bits per heavy atom. The first kappa shape index (κ1) is 16.2. The average Bonchev–Trinajstić information content (AvgIpc) is 2.60. The van der Waals surface area contributed by atoms with Gasteiger partial charge in [-0.15, -0.1) is 0 Å². The monoisotopic (exact) mass is 320 g/mol. The molecular weight excluding hydrogens is 300 g/mol. The van der Waals surface area contributed by atoms with E-state index < -0.39 is 0 Å². The molecule has 0 spiro atoms. The summed E-state index contributed by atoms with van der Waals surface area (Å²) in [5, 5.41) is 4.78. The minimum atomic E-state index is -0.380. The molecular formula is C21H20O3. The highest BCUT2D eigenvalue weighted by Crippen LogP contribution is 2.28. The van der Waals surface area contributed by atoms with Gasteiger partial charge in [0.05, 0.1) is 13.2 Å². The summed E-state index contributed by atoms with van der Waals surface area (Å²) in [6.45, 7) is 6.25. The van der Waals surface area contributed by atoms with Crippen LogP contribution in [0.2, 0.25) is 0 Å². The van der Waals surface area contributed by atoms with E-state index in [1.807, 2.05) is 24.3 Å². The molecule has 3 aromatic rings. The molecule has 0 atom stereocenters. The van der Waals surface area contributed by atoms with Crippen LogP contribution in [0.25, 0.3) is 21.5 Å². The number of hydrogen-bond acceptors (Lipinski definition) is 3. The molecule has 0 radical (unpaired) electrons. The normalized spacial score (nSPS) is 10.9. The van der Waals surface area contributed by atoms with Crippen LogP contribution in [-0.2, 0) is 20.9 Å². The summed E-state index contributed by atoms with van der Waals surface area (Å²) < 4.78 is 10.8. The summed E-state index contributed by atoms with van der Waals surface area (Å²) in [7, 11) is 0. The first-order chi connectivity index (χ1) is 11.7. The van der Waals surface area contributed by atoms with E-state index in [0.717, 1.165) is 5.56 Å². The van der Waals surface area contributed by atoms with E-state index in [1.165, 1.54) is 21.5 Å². The fourth-order valence-electron chi connectivity index (χ4n) is 2.75. The minimum absolute atomic E-state index is 0.231. The third kappa shape index (κ3) is 3.47. The first-order valence-electron chi connectivity index (χ1n) is 7.96. The van der Waals surface area contributed by atoms with Crippen LogP contribution in [0.1, 0.15) is 12.5 Å². The summed E-state index contributed by atoms with van der Waals surface area (Å²) in [4.78, 5) is 11.3. The summed E-state index contributed by atoms with van der Waals surface area (Å²) in [6, 6.07) is 18.8. The Labute approximate surface area is 141 Å². The predicted octanol–water partition coefficient (Wildman–Crippen LogP) is 4.63.